The number of ether oxygens (including phenoxy) is 1. The van der Waals surface area contributed by atoms with Crippen molar-refractivity contribution >= 4 is 11.6 Å². The third-order valence-corrected chi connectivity index (χ3v) is 2.29. The van der Waals surface area contributed by atoms with E-state index in [1.165, 1.54) is 6.07 Å². The first-order valence-electron chi connectivity index (χ1n) is 4.50. The monoisotopic (exact) mass is 217 g/mol. The van der Waals surface area contributed by atoms with Gasteiger partial charge < -0.3 is 10.5 Å². The van der Waals surface area contributed by atoms with E-state index in [2.05, 4.69) is 0 Å². The number of rotatable bonds is 4. The van der Waals surface area contributed by atoms with Crippen molar-refractivity contribution in [3.8, 4) is 5.75 Å². The van der Waals surface area contributed by atoms with Gasteiger partial charge >= 0.3 is 0 Å². The van der Waals surface area contributed by atoms with Crippen LogP contribution < -0.4 is 10.5 Å². The molecule has 0 aliphatic heterocycles. The number of benzene rings is 1. The van der Waals surface area contributed by atoms with Crippen LogP contribution in [-0.4, -0.2) is 13.2 Å². The van der Waals surface area contributed by atoms with Crippen molar-refractivity contribution in [1.82, 2.24) is 0 Å². The molecule has 1 rings (SSSR count). The third kappa shape index (κ3) is 2.36. The smallest absolute Gasteiger partial charge is 0.142 e. The molecule has 0 amide bonds. The molecule has 0 fully saturated rings. The fourth-order valence-corrected chi connectivity index (χ4v) is 1.50. The van der Waals surface area contributed by atoms with Crippen molar-refractivity contribution in [1.29, 1.82) is 0 Å². The van der Waals surface area contributed by atoms with Crippen molar-refractivity contribution in [3.05, 3.63) is 28.5 Å². The molecular weight excluding hydrogens is 205 g/mol. The summed E-state index contributed by atoms with van der Waals surface area (Å²) in [5.74, 6) is 0.202. The van der Waals surface area contributed by atoms with Gasteiger partial charge in [-0.25, -0.2) is 4.39 Å². The molecule has 2 N–H and O–H groups in total. The average Bonchev–Trinajstić information content (AvgIpc) is 2.20. The maximum Gasteiger partial charge on any atom is 0.142 e. The summed E-state index contributed by atoms with van der Waals surface area (Å²) in [6, 6.07) is 2.88. The standard InChI is InChI=1S/C10H13ClFNO/c1-2-7-9(14-6-5-13)4-3-8(12)10(7)11/h3-4H,2,5-6,13H2,1H3. The number of hydrogen-bond acceptors (Lipinski definition) is 2. The first-order valence-corrected chi connectivity index (χ1v) is 4.88. The van der Waals surface area contributed by atoms with Crippen molar-refractivity contribution in [2.45, 2.75) is 13.3 Å². The minimum absolute atomic E-state index is 0.141. The fraction of sp³-hybridized carbons (Fsp3) is 0.400. The minimum atomic E-state index is -0.413. The highest BCUT2D eigenvalue weighted by Crippen LogP contribution is 2.29. The maximum atomic E-state index is 13.1. The zero-order valence-corrected chi connectivity index (χ0v) is 8.77. The Labute approximate surface area is 87.8 Å². The molecule has 0 radical (unpaired) electrons. The van der Waals surface area contributed by atoms with Gasteiger partial charge in [-0.3, -0.25) is 0 Å². The van der Waals surface area contributed by atoms with Gasteiger partial charge in [0.05, 0.1) is 5.02 Å². The Morgan fingerprint density at radius 3 is 2.79 bits per heavy atom. The molecule has 1 aromatic carbocycles. The van der Waals surface area contributed by atoms with E-state index in [1.807, 2.05) is 6.92 Å². The summed E-state index contributed by atoms with van der Waals surface area (Å²) in [5, 5.41) is 0.141. The molecular formula is C10H13ClFNO. The predicted molar refractivity (Wildman–Crippen MR) is 55.3 cm³/mol. The highest BCUT2D eigenvalue weighted by atomic mass is 35.5. The van der Waals surface area contributed by atoms with E-state index in [0.717, 1.165) is 0 Å². The predicted octanol–water partition coefficient (Wildman–Crippen LogP) is 2.38. The molecule has 2 nitrogen and oxygen atoms in total. The van der Waals surface area contributed by atoms with E-state index >= 15 is 0 Å². The average molecular weight is 218 g/mol. The first-order chi connectivity index (χ1) is 6.70. The van der Waals surface area contributed by atoms with Crippen molar-refractivity contribution in [2.24, 2.45) is 5.73 Å². The van der Waals surface area contributed by atoms with Crippen LogP contribution in [0.25, 0.3) is 0 Å². The summed E-state index contributed by atoms with van der Waals surface area (Å²) >= 11 is 5.79. The molecule has 14 heavy (non-hydrogen) atoms. The molecule has 0 bridgehead atoms. The molecule has 4 heteroatoms. The largest absolute Gasteiger partial charge is 0.492 e. The van der Waals surface area contributed by atoms with Gasteiger partial charge in [0.1, 0.15) is 18.2 Å². The lowest BCUT2D eigenvalue weighted by Crippen LogP contribution is -2.11. The Kier molecular flexibility index (Phi) is 4.17. The second-order valence-corrected chi connectivity index (χ2v) is 3.21. The van der Waals surface area contributed by atoms with Gasteiger partial charge in [-0.15, -0.1) is 0 Å². The van der Waals surface area contributed by atoms with Crippen molar-refractivity contribution in [2.75, 3.05) is 13.2 Å². The summed E-state index contributed by atoms with van der Waals surface area (Å²) in [6.45, 7) is 2.74. The summed E-state index contributed by atoms with van der Waals surface area (Å²) in [4.78, 5) is 0. The van der Waals surface area contributed by atoms with Crippen LogP contribution in [0.2, 0.25) is 5.02 Å². The van der Waals surface area contributed by atoms with E-state index in [9.17, 15) is 4.39 Å². The molecule has 0 saturated carbocycles. The maximum absolute atomic E-state index is 13.1. The molecule has 0 unspecified atom stereocenters. The van der Waals surface area contributed by atoms with Gasteiger partial charge in [0.2, 0.25) is 0 Å². The van der Waals surface area contributed by atoms with Gasteiger partial charge in [0.25, 0.3) is 0 Å². The Morgan fingerprint density at radius 1 is 1.50 bits per heavy atom. The molecule has 0 saturated heterocycles. The lowest BCUT2D eigenvalue weighted by molar-refractivity contribution is 0.324. The van der Waals surface area contributed by atoms with Gasteiger partial charge in [0, 0.05) is 12.1 Å². The second-order valence-electron chi connectivity index (χ2n) is 2.83. The molecule has 0 aliphatic carbocycles. The fourth-order valence-electron chi connectivity index (χ4n) is 1.21. The van der Waals surface area contributed by atoms with E-state index < -0.39 is 5.82 Å². The van der Waals surface area contributed by atoms with Crippen LogP contribution in [-0.2, 0) is 6.42 Å². The first kappa shape index (κ1) is 11.3. The minimum Gasteiger partial charge on any atom is -0.492 e. The van der Waals surface area contributed by atoms with Gasteiger partial charge in [-0.1, -0.05) is 18.5 Å². The molecule has 0 heterocycles. The van der Waals surface area contributed by atoms with Crippen LogP contribution in [0.15, 0.2) is 12.1 Å². The number of hydrogen-bond donors (Lipinski definition) is 1. The highest BCUT2D eigenvalue weighted by Gasteiger charge is 2.10. The van der Waals surface area contributed by atoms with E-state index in [1.54, 1.807) is 6.07 Å². The lowest BCUT2D eigenvalue weighted by atomic mass is 10.1. The van der Waals surface area contributed by atoms with Gasteiger partial charge in [0.15, 0.2) is 0 Å². The molecule has 1 aromatic rings. The van der Waals surface area contributed by atoms with Crippen LogP contribution in [0.5, 0.6) is 5.75 Å². The normalized spacial score (nSPS) is 10.3. The van der Waals surface area contributed by atoms with Crippen molar-refractivity contribution in [3.63, 3.8) is 0 Å². The zero-order chi connectivity index (χ0) is 10.6. The van der Waals surface area contributed by atoms with Crippen LogP contribution >= 0.6 is 11.6 Å². The van der Waals surface area contributed by atoms with Crippen molar-refractivity contribution < 1.29 is 9.13 Å². The Bertz CT molecular complexity index is 317. The Morgan fingerprint density at radius 2 is 2.21 bits per heavy atom. The van der Waals surface area contributed by atoms with Crippen LogP contribution in [0, 0.1) is 5.82 Å². The molecule has 0 atom stereocenters. The zero-order valence-electron chi connectivity index (χ0n) is 8.02. The second kappa shape index (κ2) is 5.17. The third-order valence-electron chi connectivity index (χ3n) is 1.88. The molecule has 0 spiro atoms. The molecule has 0 aliphatic rings. The van der Waals surface area contributed by atoms with Crippen LogP contribution in [0.1, 0.15) is 12.5 Å². The SMILES string of the molecule is CCc1c(OCCN)ccc(F)c1Cl. The quantitative estimate of drug-likeness (QED) is 0.841. The van der Waals surface area contributed by atoms with Crippen LogP contribution in [0.3, 0.4) is 0 Å². The topological polar surface area (TPSA) is 35.2 Å². The highest BCUT2D eigenvalue weighted by molar-refractivity contribution is 6.31. The number of nitrogens with two attached hydrogens (primary N) is 1. The Balaban J connectivity index is 2.98. The summed E-state index contributed by atoms with van der Waals surface area (Å²) in [7, 11) is 0. The summed E-state index contributed by atoms with van der Waals surface area (Å²) in [6.07, 6.45) is 0.635. The van der Waals surface area contributed by atoms with E-state index in [-0.39, 0.29) is 5.02 Å². The number of halogens is 2. The van der Waals surface area contributed by atoms with Crippen LogP contribution in [0.4, 0.5) is 4.39 Å². The molecule has 78 valence electrons. The summed E-state index contributed by atoms with van der Waals surface area (Å²) < 4.78 is 18.4. The summed E-state index contributed by atoms with van der Waals surface area (Å²) in [5.41, 5.74) is 6.00. The van der Waals surface area contributed by atoms with Gasteiger partial charge in [-0.05, 0) is 18.6 Å². The lowest BCUT2D eigenvalue weighted by Gasteiger charge is -2.11. The molecule has 0 aromatic heterocycles. The van der Waals surface area contributed by atoms with E-state index in [0.29, 0.717) is 30.9 Å². The van der Waals surface area contributed by atoms with Gasteiger partial charge in [-0.2, -0.15) is 0 Å². The van der Waals surface area contributed by atoms with E-state index in [4.69, 9.17) is 22.1 Å². The Hall–Kier alpha value is -0.800.